The van der Waals surface area contributed by atoms with Gasteiger partial charge in [-0.05, 0) is 68.4 Å². The van der Waals surface area contributed by atoms with Gasteiger partial charge < -0.3 is 19.1 Å². The predicted molar refractivity (Wildman–Crippen MR) is 135 cm³/mol. The molecular formula is C30H26N2O5. The average molecular weight is 495 g/mol. The summed E-state index contributed by atoms with van der Waals surface area (Å²) in [6, 6.07) is 17.0. The summed E-state index contributed by atoms with van der Waals surface area (Å²) >= 11 is 0. The van der Waals surface area contributed by atoms with Crippen molar-refractivity contribution in [2.45, 2.75) is 57.0 Å². The van der Waals surface area contributed by atoms with Crippen LogP contribution >= 0.6 is 0 Å². The van der Waals surface area contributed by atoms with Gasteiger partial charge >= 0.3 is 5.97 Å². The Kier molecular flexibility index (Phi) is 4.90. The number of nitrogens with zero attached hydrogens (tertiary/aromatic N) is 2. The molecule has 3 aliphatic rings. The largest absolute Gasteiger partial charge is 0.478 e. The van der Waals surface area contributed by atoms with Crippen LogP contribution in [0.3, 0.4) is 0 Å². The summed E-state index contributed by atoms with van der Waals surface area (Å²) in [7, 11) is 0. The molecule has 4 aromatic rings. The Morgan fingerprint density at radius 3 is 2.70 bits per heavy atom. The molecule has 186 valence electrons. The van der Waals surface area contributed by atoms with Crippen LogP contribution in [0, 0.1) is 6.92 Å². The summed E-state index contributed by atoms with van der Waals surface area (Å²) in [5.74, 6) is 2.13. The van der Waals surface area contributed by atoms with Crippen molar-refractivity contribution in [1.82, 2.24) is 10.1 Å². The highest BCUT2D eigenvalue weighted by atomic mass is 16.5. The fraction of sp³-hybridized carbons (Fsp3) is 0.300. The first-order valence-electron chi connectivity index (χ1n) is 12.7. The van der Waals surface area contributed by atoms with Crippen LogP contribution in [0.2, 0.25) is 0 Å². The summed E-state index contributed by atoms with van der Waals surface area (Å²) in [6.07, 6.45) is 5.00. The number of rotatable bonds is 6. The van der Waals surface area contributed by atoms with E-state index in [-0.39, 0.29) is 11.0 Å². The number of carbonyl (C=O) groups is 1. The minimum atomic E-state index is -0.969. The molecule has 37 heavy (non-hydrogen) atoms. The van der Waals surface area contributed by atoms with Gasteiger partial charge in [0.1, 0.15) is 29.6 Å². The van der Waals surface area contributed by atoms with Crippen LogP contribution in [0.25, 0.3) is 11.3 Å². The number of carboxylic acid groups (broad SMARTS) is 1. The SMILES string of the molecule is Cc1ccccc1-c1noc(C2CC2)c1COc1ccc2c(n1)C1(CC1)Cc1ccc(C(=O)O)cc1O2. The van der Waals surface area contributed by atoms with Gasteiger partial charge in [-0.1, -0.05) is 35.5 Å². The number of hydrogen-bond acceptors (Lipinski definition) is 6. The molecule has 0 unspecified atom stereocenters. The van der Waals surface area contributed by atoms with E-state index in [0.29, 0.717) is 29.9 Å². The maximum absolute atomic E-state index is 11.5. The zero-order valence-electron chi connectivity index (χ0n) is 20.5. The van der Waals surface area contributed by atoms with Crippen LogP contribution in [0.4, 0.5) is 0 Å². The van der Waals surface area contributed by atoms with E-state index >= 15 is 0 Å². The summed E-state index contributed by atoms with van der Waals surface area (Å²) < 4.78 is 18.3. The lowest BCUT2D eigenvalue weighted by Gasteiger charge is -2.15. The Hall–Kier alpha value is -4.13. The normalized spacial score (nSPS) is 16.9. The monoisotopic (exact) mass is 494 g/mol. The van der Waals surface area contributed by atoms with Crippen LogP contribution in [0.15, 0.2) is 59.1 Å². The van der Waals surface area contributed by atoms with Crippen molar-refractivity contribution < 1.29 is 23.9 Å². The van der Waals surface area contributed by atoms with Crippen molar-refractivity contribution in [2.24, 2.45) is 0 Å². The lowest BCUT2D eigenvalue weighted by Crippen LogP contribution is -2.12. The number of benzene rings is 2. The van der Waals surface area contributed by atoms with Gasteiger partial charge in [0, 0.05) is 23.0 Å². The number of carboxylic acids is 1. The zero-order valence-corrected chi connectivity index (χ0v) is 20.5. The number of pyridine rings is 1. The molecule has 0 atom stereocenters. The molecule has 0 radical (unpaired) electrons. The van der Waals surface area contributed by atoms with E-state index < -0.39 is 5.97 Å². The molecule has 2 fully saturated rings. The smallest absolute Gasteiger partial charge is 0.335 e. The van der Waals surface area contributed by atoms with Crippen LogP contribution in [-0.4, -0.2) is 21.2 Å². The molecule has 2 aromatic heterocycles. The highest BCUT2D eigenvalue weighted by Gasteiger charge is 2.49. The predicted octanol–water partition coefficient (Wildman–Crippen LogP) is 6.58. The van der Waals surface area contributed by atoms with E-state index in [0.717, 1.165) is 71.5 Å². The number of hydrogen-bond donors (Lipinski definition) is 1. The molecule has 0 amide bonds. The molecule has 3 heterocycles. The summed E-state index contributed by atoms with van der Waals surface area (Å²) in [6.45, 7) is 2.40. The summed E-state index contributed by atoms with van der Waals surface area (Å²) in [5, 5.41) is 13.9. The molecule has 7 nitrogen and oxygen atoms in total. The van der Waals surface area contributed by atoms with Crippen LogP contribution in [-0.2, 0) is 18.4 Å². The molecule has 2 saturated carbocycles. The van der Waals surface area contributed by atoms with Crippen molar-refractivity contribution in [1.29, 1.82) is 0 Å². The van der Waals surface area contributed by atoms with Gasteiger partial charge in [-0.25, -0.2) is 9.78 Å². The van der Waals surface area contributed by atoms with Gasteiger partial charge in [0.05, 0.1) is 16.8 Å². The van der Waals surface area contributed by atoms with Crippen LogP contribution in [0.1, 0.15) is 70.1 Å². The fourth-order valence-corrected chi connectivity index (χ4v) is 5.36. The lowest BCUT2D eigenvalue weighted by atomic mass is 9.92. The third-order valence-electron chi connectivity index (χ3n) is 7.78. The molecule has 1 aliphatic heterocycles. The van der Waals surface area contributed by atoms with Crippen LogP contribution in [0.5, 0.6) is 17.4 Å². The molecule has 7 rings (SSSR count). The Morgan fingerprint density at radius 1 is 1.11 bits per heavy atom. The number of fused-ring (bicyclic) bond motifs is 3. The van der Waals surface area contributed by atoms with E-state index in [1.807, 2.05) is 30.3 Å². The highest BCUT2D eigenvalue weighted by Crippen LogP contribution is 2.56. The minimum Gasteiger partial charge on any atom is -0.478 e. The molecule has 2 aromatic carbocycles. The maximum atomic E-state index is 11.5. The average Bonchev–Trinajstić information content (AvgIpc) is 3.83. The van der Waals surface area contributed by atoms with Gasteiger partial charge in [0.15, 0.2) is 0 Å². The van der Waals surface area contributed by atoms with Gasteiger partial charge in [-0.2, -0.15) is 0 Å². The first-order valence-corrected chi connectivity index (χ1v) is 12.7. The van der Waals surface area contributed by atoms with Crippen molar-refractivity contribution in [2.75, 3.05) is 0 Å². The third kappa shape index (κ3) is 3.86. The van der Waals surface area contributed by atoms with E-state index in [4.69, 9.17) is 19.0 Å². The Balaban J connectivity index is 1.20. The zero-order chi connectivity index (χ0) is 25.1. The molecule has 1 N–H and O–H groups in total. The lowest BCUT2D eigenvalue weighted by molar-refractivity contribution is 0.0696. The second kappa shape index (κ2) is 8.20. The summed E-state index contributed by atoms with van der Waals surface area (Å²) in [4.78, 5) is 16.4. The first kappa shape index (κ1) is 22.1. The molecule has 1 spiro atoms. The topological polar surface area (TPSA) is 94.7 Å². The Morgan fingerprint density at radius 2 is 1.95 bits per heavy atom. The molecule has 2 aliphatic carbocycles. The fourth-order valence-electron chi connectivity index (χ4n) is 5.36. The van der Waals surface area contributed by atoms with Gasteiger partial charge in [0.25, 0.3) is 0 Å². The van der Waals surface area contributed by atoms with Crippen molar-refractivity contribution in [3.63, 3.8) is 0 Å². The summed E-state index contributed by atoms with van der Waals surface area (Å²) in [5.41, 5.74) is 6.00. The van der Waals surface area contributed by atoms with Crippen molar-refractivity contribution >= 4 is 5.97 Å². The van der Waals surface area contributed by atoms with Crippen molar-refractivity contribution in [3.05, 3.63) is 88.3 Å². The van der Waals surface area contributed by atoms with Gasteiger partial charge in [-0.3, -0.25) is 0 Å². The van der Waals surface area contributed by atoms with E-state index in [9.17, 15) is 9.90 Å². The molecule has 7 heteroatoms. The second-order valence-corrected chi connectivity index (χ2v) is 10.4. The van der Waals surface area contributed by atoms with Gasteiger partial charge in [-0.15, -0.1) is 0 Å². The first-order chi connectivity index (χ1) is 18.0. The number of ether oxygens (including phenoxy) is 2. The Labute approximate surface area is 214 Å². The van der Waals surface area contributed by atoms with Crippen LogP contribution < -0.4 is 9.47 Å². The highest BCUT2D eigenvalue weighted by molar-refractivity contribution is 5.88. The third-order valence-corrected chi connectivity index (χ3v) is 7.78. The van der Waals surface area contributed by atoms with E-state index in [2.05, 4.69) is 24.2 Å². The standard InChI is InChI=1S/C30H26N2O5/c1-17-4-2-3-5-21(17)26-22(27(37-32-26)18-6-7-18)16-35-25-11-10-23-28(31-25)30(12-13-30)15-20-9-8-19(29(33)34)14-24(20)36-23/h2-5,8-11,14,18H,6-7,12-13,15-16H2,1H3,(H,33,34). The molecular weight excluding hydrogens is 468 g/mol. The second-order valence-electron chi connectivity index (χ2n) is 10.4. The maximum Gasteiger partial charge on any atom is 0.335 e. The van der Waals surface area contributed by atoms with E-state index in [1.165, 1.54) is 0 Å². The quantitative estimate of drug-likeness (QED) is 0.323. The molecule has 0 bridgehead atoms. The van der Waals surface area contributed by atoms with E-state index in [1.54, 1.807) is 12.1 Å². The number of aromatic carboxylic acids is 1. The molecule has 0 saturated heterocycles. The number of aromatic nitrogens is 2. The number of aryl methyl sites for hydroxylation is 1. The van der Waals surface area contributed by atoms with Gasteiger partial charge in [0.2, 0.25) is 5.88 Å². The van der Waals surface area contributed by atoms with Crippen molar-refractivity contribution in [3.8, 4) is 28.6 Å². The minimum absolute atomic E-state index is 0.104. The Bertz CT molecular complexity index is 1550.